The molecule has 2 aromatic carbocycles. The molecule has 0 aliphatic carbocycles. The van der Waals surface area contributed by atoms with Crippen LogP contribution in [0, 0.1) is 0 Å². The van der Waals surface area contributed by atoms with Crippen LogP contribution in [-0.2, 0) is 11.3 Å². The van der Waals surface area contributed by atoms with Gasteiger partial charge in [-0.1, -0.05) is 31.9 Å². The third-order valence-electron chi connectivity index (χ3n) is 5.21. The van der Waals surface area contributed by atoms with E-state index in [4.69, 9.17) is 4.74 Å². The number of hydrogen-bond acceptors (Lipinski definition) is 5. The molecule has 0 unspecified atom stereocenters. The van der Waals surface area contributed by atoms with E-state index in [0.717, 1.165) is 24.8 Å². The van der Waals surface area contributed by atoms with Crippen LogP contribution in [0.2, 0.25) is 0 Å². The van der Waals surface area contributed by atoms with Crippen molar-refractivity contribution in [2.45, 2.75) is 39.2 Å². The van der Waals surface area contributed by atoms with E-state index in [2.05, 4.69) is 38.4 Å². The van der Waals surface area contributed by atoms with Crippen molar-refractivity contribution in [1.29, 1.82) is 0 Å². The van der Waals surface area contributed by atoms with E-state index in [1.807, 2.05) is 18.2 Å². The summed E-state index contributed by atoms with van der Waals surface area (Å²) in [5, 5.41) is 22.0. The van der Waals surface area contributed by atoms with Gasteiger partial charge in [0.2, 0.25) is 5.88 Å². The number of amides is 2. The minimum atomic E-state index is -0.503. The fraction of sp³-hybridized carbons (Fsp3) is 0.333. The van der Waals surface area contributed by atoms with E-state index in [9.17, 15) is 14.7 Å². The summed E-state index contributed by atoms with van der Waals surface area (Å²) in [5.74, 6) is -0.206. The Bertz CT molecular complexity index is 1170. The molecule has 3 rings (SSSR count). The summed E-state index contributed by atoms with van der Waals surface area (Å²) in [6.07, 6.45) is 2.99. The summed E-state index contributed by atoms with van der Waals surface area (Å²) in [6, 6.07) is 12.5. The molecule has 8 nitrogen and oxygen atoms in total. The van der Waals surface area contributed by atoms with E-state index in [1.165, 1.54) is 0 Å². The maximum absolute atomic E-state index is 12.3. The van der Waals surface area contributed by atoms with Crippen molar-refractivity contribution < 1.29 is 19.4 Å². The van der Waals surface area contributed by atoms with Crippen molar-refractivity contribution >= 4 is 44.3 Å². The molecule has 1 heterocycles. The molecular formula is C24H27BrN4O4. The molecule has 1 aromatic heterocycles. The highest BCUT2D eigenvalue weighted by Gasteiger charge is 2.18. The van der Waals surface area contributed by atoms with Crippen LogP contribution < -0.4 is 10.1 Å². The average molecular weight is 515 g/mol. The number of nitrogens with zero attached hydrogens (tertiary/aromatic N) is 3. The molecule has 9 heteroatoms. The molecule has 0 saturated carbocycles. The van der Waals surface area contributed by atoms with Gasteiger partial charge in [0.15, 0.2) is 5.69 Å². The molecule has 0 radical (unpaired) electrons. The molecule has 174 valence electrons. The third kappa shape index (κ3) is 5.98. The zero-order valence-corrected chi connectivity index (χ0v) is 20.3. The first-order valence-electron chi connectivity index (χ1n) is 10.8. The standard InChI is InChI=1S/C24H27BrN4O4/c1-3-4-7-14-29-20-11-10-16(33-2)15-18(20)22(24(29)32)28-27-21(30)12-13-26-23(31)17-8-5-6-9-19(17)25/h5-6,8-11,15,32H,3-4,7,12-14H2,1-2H3,(H,26,31). The largest absolute Gasteiger partial charge is 0.497 e. The van der Waals surface area contributed by atoms with Crippen molar-refractivity contribution in [2.24, 2.45) is 10.2 Å². The Kier molecular flexibility index (Phi) is 8.59. The quantitative estimate of drug-likeness (QED) is 0.265. The van der Waals surface area contributed by atoms with Crippen LogP contribution in [0.15, 0.2) is 57.2 Å². The number of carbonyl (C=O) groups is 2. The Morgan fingerprint density at radius 1 is 1.18 bits per heavy atom. The number of hydrogen-bond donors (Lipinski definition) is 2. The Hall–Kier alpha value is -3.20. The molecule has 0 bridgehead atoms. The van der Waals surface area contributed by atoms with E-state index >= 15 is 0 Å². The number of benzene rings is 2. The van der Waals surface area contributed by atoms with Gasteiger partial charge in [-0.2, -0.15) is 0 Å². The van der Waals surface area contributed by atoms with Gasteiger partial charge in [0.1, 0.15) is 5.75 Å². The number of rotatable bonds is 10. The van der Waals surface area contributed by atoms with Gasteiger partial charge in [0, 0.05) is 29.4 Å². The van der Waals surface area contributed by atoms with Crippen molar-refractivity contribution in [3.63, 3.8) is 0 Å². The molecule has 0 fully saturated rings. The van der Waals surface area contributed by atoms with Crippen molar-refractivity contribution in [2.75, 3.05) is 13.7 Å². The van der Waals surface area contributed by atoms with Crippen LogP contribution in [-0.4, -0.2) is 35.1 Å². The Morgan fingerprint density at radius 2 is 1.97 bits per heavy atom. The van der Waals surface area contributed by atoms with E-state index in [0.29, 0.717) is 27.7 Å². The zero-order chi connectivity index (χ0) is 23.8. The van der Waals surface area contributed by atoms with Gasteiger partial charge in [-0.05, 0) is 52.7 Å². The lowest BCUT2D eigenvalue weighted by atomic mass is 10.2. The molecule has 0 aliphatic rings. The monoisotopic (exact) mass is 514 g/mol. The van der Waals surface area contributed by atoms with Gasteiger partial charge in [0.25, 0.3) is 11.8 Å². The van der Waals surface area contributed by atoms with Crippen LogP contribution >= 0.6 is 15.9 Å². The lowest BCUT2D eigenvalue weighted by Gasteiger charge is -2.06. The first kappa shape index (κ1) is 24.4. The van der Waals surface area contributed by atoms with Crippen LogP contribution in [0.25, 0.3) is 10.9 Å². The molecule has 0 spiro atoms. The van der Waals surface area contributed by atoms with Crippen LogP contribution in [0.4, 0.5) is 5.69 Å². The number of methoxy groups -OCH3 is 1. The molecule has 0 aliphatic heterocycles. The predicted molar refractivity (Wildman–Crippen MR) is 130 cm³/mol. The molecule has 2 N–H and O–H groups in total. The SMILES string of the molecule is CCCCCn1c(O)c(N=NC(=O)CCNC(=O)c2ccccc2Br)c2cc(OC)ccc21. The summed E-state index contributed by atoms with van der Waals surface area (Å²) in [7, 11) is 1.56. The van der Waals surface area contributed by atoms with E-state index < -0.39 is 5.91 Å². The molecule has 0 atom stereocenters. The van der Waals surface area contributed by atoms with Gasteiger partial charge in [-0.3, -0.25) is 9.59 Å². The predicted octanol–water partition coefficient (Wildman–Crippen LogP) is 5.74. The number of halogens is 1. The number of nitrogens with one attached hydrogen (secondary N) is 1. The van der Waals surface area contributed by atoms with Gasteiger partial charge in [-0.15, -0.1) is 10.2 Å². The summed E-state index contributed by atoms with van der Waals surface area (Å²) in [5.41, 5.74) is 1.51. The maximum atomic E-state index is 12.3. The summed E-state index contributed by atoms with van der Waals surface area (Å²) in [4.78, 5) is 24.5. The van der Waals surface area contributed by atoms with E-state index in [-0.39, 0.29) is 30.4 Å². The Morgan fingerprint density at radius 3 is 2.70 bits per heavy atom. The van der Waals surface area contributed by atoms with Gasteiger partial charge in [-0.25, -0.2) is 0 Å². The topological polar surface area (TPSA) is 105 Å². The highest BCUT2D eigenvalue weighted by molar-refractivity contribution is 9.10. The first-order chi connectivity index (χ1) is 16.0. The smallest absolute Gasteiger partial charge is 0.266 e. The number of unbranched alkanes of at least 4 members (excludes halogenated alkanes) is 2. The van der Waals surface area contributed by atoms with Crippen LogP contribution in [0.5, 0.6) is 11.6 Å². The molecule has 2 amide bonds. The number of ether oxygens (including phenoxy) is 1. The summed E-state index contributed by atoms with van der Waals surface area (Å²) >= 11 is 3.33. The third-order valence-corrected chi connectivity index (χ3v) is 5.90. The Labute approximate surface area is 200 Å². The van der Waals surface area contributed by atoms with Crippen molar-refractivity contribution in [3.8, 4) is 11.6 Å². The zero-order valence-electron chi connectivity index (χ0n) is 18.7. The highest BCUT2D eigenvalue weighted by atomic mass is 79.9. The number of aromatic hydroxyl groups is 1. The minimum Gasteiger partial charge on any atom is -0.497 e. The van der Waals surface area contributed by atoms with Gasteiger partial charge in [0.05, 0.1) is 18.2 Å². The second-order valence-electron chi connectivity index (χ2n) is 7.49. The first-order valence-corrected chi connectivity index (χ1v) is 11.6. The lowest BCUT2D eigenvalue weighted by molar-refractivity contribution is -0.118. The van der Waals surface area contributed by atoms with Crippen molar-refractivity contribution in [1.82, 2.24) is 9.88 Å². The fourth-order valence-electron chi connectivity index (χ4n) is 3.45. The number of aromatic nitrogens is 1. The van der Waals surface area contributed by atoms with Crippen LogP contribution in [0.3, 0.4) is 0 Å². The molecule has 0 saturated heterocycles. The second kappa shape index (κ2) is 11.6. The highest BCUT2D eigenvalue weighted by Crippen LogP contribution is 2.40. The Balaban J connectivity index is 1.71. The number of fused-ring (bicyclic) bond motifs is 1. The summed E-state index contributed by atoms with van der Waals surface area (Å²) in [6.45, 7) is 2.87. The van der Waals surface area contributed by atoms with Gasteiger partial charge >= 0.3 is 0 Å². The van der Waals surface area contributed by atoms with Crippen molar-refractivity contribution in [3.05, 3.63) is 52.5 Å². The molecular weight excluding hydrogens is 488 g/mol. The number of aryl methyl sites for hydroxylation is 1. The van der Waals surface area contributed by atoms with E-state index in [1.54, 1.807) is 35.9 Å². The minimum absolute atomic E-state index is 0.0150. The van der Waals surface area contributed by atoms with Crippen LogP contribution in [0.1, 0.15) is 43.0 Å². The molecule has 3 aromatic rings. The second-order valence-corrected chi connectivity index (χ2v) is 8.35. The summed E-state index contributed by atoms with van der Waals surface area (Å²) < 4.78 is 7.75. The number of azo groups is 1. The molecule has 33 heavy (non-hydrogen) atoms. The van der Waals surface area contributed by atoms with Gasteiger partial charge < -0.3 is 19.7 Å². The average Bonchev–Trinajstić information content (AvgIpc) is 3.08. The normalized spacial score (nSPS) is 11.2. The number of carbonyl (C=O) groups excluding carboxylic acids is 2. The lowest BCUT2D eigenvalue weighted by Crippen LogP contribution is -2.26. The fourth-order valence-corrected chi connectivity index (χ4v) is 3.92. The maximum Gasteiger partial charge on any atom is 0.266 e.